The molecule has 3 nitrogen and oxygen atoms in total. The Morgan fingerprint density at radius 2 is 2.10 bits per heavy atom. The number of nitrogens with two attached hydrogens (primary N) is 1. The molecule has 112 valence electrons. The van der Waals surface area contributed by atoms with Crippen LogP contribution in [0.2, 0.25) is 0 Å². The Kier molecular flexibility index (Phi) is 5.40. The first kappa shape index (κ1) is 15.3. The van der Waals surface area contributed by atoms with Gasteiger partial charge >= 0.3 is 0 Å². The largest absolute Gasteiger partial charge is 0.488 e. The van der Waals surface area contributed by atoms with Crippen molar-refractivity contribution < 1.29 is 9.13 Å². The monoisotopic (exact) mass is 298 g/mol. The van der Waals surface area contributed by atoms with Crippen LogP contribution in [-0.4, -0.2) is 24.2 Å². The number of halogens is 1. The molecule has 0 spiro atoms. The third kappa shape index (κ3) is 4.20. The van der Waals surface area contributed by atoms with E-state index in [-0.39, 0.29) is 11.9 Å². The van der Waals surface area contributed by atoms with Gasteiger partial charge in [0.2, 0.25) is 0 Å². The average Bonchev–Trinajstić information content (AvgIpc) is 2.41. The van der Waals surface area contributed by atoms with E-state index in [0.717, 1.165) is 12.2 Å². The summed E-state index contributed by atoms with van der Waals surface area (Å²) in [7, 11) is 0. The lowest BCUT2D eigenvalue weighted by Gasteiger charge is -2.23. The van der Waals surface area contributed by atoms with E-state index in [1.165, 1.54) is 30.4 Å². The van der Waals surface area contributed by atoms with E-state index in [2.05, 4.69) is 5.32 Å². The normalized spacial score (nSPS) is 16.4. The zero-order valence-corrected chi connectivity index (χ0v) is 12.9. The van der Waals surface area contributed by atoms with Crippen LogP contribution in [0, 0.1) is 11.7 Å². The number of anilines is 2. The highest BCUT2D eigenvalue weighted by Crippen LogP contribution is 2.30. The van der Waals surface area contributed by atoms with Crippen LogP contribution < -0.4 is 15.8 Å². The molecule has 3 N–H and O–H groups in total. The van der Waals surface area contributed by atoms with E-state index in [1.807, 2.05) is 25.6 Å². The van der Waals surface area contributed by atoms with Gasteiger partial charge in [-0.2, -0.15) is 11.8 Å². The first-order chi connectivity index (χ1) is 9.56. The highest BCUT2D eigenvalue weighted by molar-refractivity contribution is 7.99. The van der Waals surface area contributed by atoms with Crippen LogP contribution in [0.4, 0.5) is 15.8 Å². The first-order valence-corrected chi connectivity index (χ1v) is 8.29. The summed E-state index contributed by atoms with van der Waals surface area (Å²) in [6.07, 6.45) is 2.40. The summed E-state index contributed by atoms with van der Waals surface area (Å²) in [6, 6.07) is 3.00. The van der Waals surface area contributed by atoms with Crippen LogP contribution in [0.3, 0.4) is 0 Å². The summed E-state index contributed by atoms with van der Waals surface area (Å²) in [6.45, 7) is 4.64. The molecule has 5 heteroatoms. The maximum absolute atomic E-state index is 13.8. The van der Waals surface area contributed by atoms with E-state index in [0.29, 0.717) is 11.6 Å². The Morgan fingerprint density at radius 1 is 1.40 bits per heavy atom. The molecule has 0 aliphatic carbocycles. The molecular formula is C15H23FN2OS. The van der Waals surface area contributed by atoms with Crippen LogP contribution in [0.1, 0.15) is 26.7 Å². The second kappa shape index (κ2) is 7.07. The predicted molar refractivity (Wildman–Crippen MR) is 85.1 cm³/mol. The number of rotatable bonds is 5. The Labute approximate surface area is 124 Å². The van der Waals surface area contributed by atoms with Crippen molar-refractivity contribution in [2.45, 2.75) is 32.8 Å². The van der Waals surface area contributed by atoms with Crippen LogP contribution in [-0.2, 0) is 0 Å². The zero-order valence-electron chi connectivity index (χ0n) is 12.1. The molecule has 2 rings (SSSR count). The number of hydrogen-bond acceptors (Lipinski definition) is 4. The third-order valence-electron chi connectivity index (χ3n) is 3.39. The first-order valence-electron chi connectivity index (χ1n) is 7.13. The van der Waals surface area contributed by atoms with Gasteiger partial charge in [-0.15, -0.1) is 0 Å². The van der Waals surface area contributed by atoms with Gasteiger partial charge in [0.15, 0.2) is 11.6 Å². The van der Waals surface area contributed by atoms with Crippen LogP contribution in [0.15, 0.2) is 12.1 Å². The van der Waals surface area contributed by atoms with Gasteiger partial charge < -0.3 is 15.8 Å². The SMILES string of the molecule is CC(C)Oc1cc(NCC2CCSCC2)c(N)cc1F. The number of ether oxygens (including phenoxy) is 1. The summed E-state index contributed by atoms with van der Waals surface area (Å²) in [5.41, 5.74) is 7.07. The molecule has 1 aromatic carbocycles. The van der Waals surface area contributed by atoms with Gasteiger partial charge in [0, 0.05) is 18.7 Å². The van der Waals surface area contributed by atoms with Gasteiger partial charge in [-0.3, -0.25) is 0 Å². The maximum Gasteiger partial charge on any atom is 0.167 e. The van der Waals surface area contributed by atoms with Gasteiger partial charge in [-0.05, 0) is 44.1 Å². The molecule has 0 saturated carbocycles. The summed E-state index contributed by atoms with van der Waals surface area (Å²) in [4.78, 5) is 0. The van der Waals surface area contributed by atoms with E-state index in [4.69, 9.17) is 10.5 Å². The second-order valence-electron chi connectivity index (χ2n) is 5.47. The molecule has 0 unspecified atom stereocenters. The highest BCUT2D eigenvalue weighted by Gasteiger charge is 2.15. The summed E-state index contributed by atoms with van der Waals surface area (Å²) in [5, 5.41) is 3.34. The molecule has 1 saturated heterocycles. The lowest BCUT2D eigenvalue weighted by Crippen LogP contribution is -2.19. The van der Waals surface area contributed by atoms with Crippen molar-refractivity contribution in [1.29, 1.82) is 0 Å². The molecule has 1 aliphatic rings. The van der Waals surface area contributed by atoms with Crippen molar-refractivity contribution in [3.63, 3.8) is 0 Å². The Balaban J connectivity index is 2.02. The maximum atomic E-state index is 13.8. The molecule has 0 atom stereocenters. The van der Waals surface area contributed by atoms with E-state index in [1.54, 1.807) is 6.07 Å². The topological polar surface area (TPSA) is 47.3 Å². The quantitative estimate of drug-likeness (QED) is 0.813. The minimum Gasteiger partial charge on any atom is -0.488 e. The van der Waals surface area contributed by atoms with Gasteiger partial charge in [-0.1, -0.05) is 0 Å². The lowest BCUT2D eigenvalue weighted by atomic mass is 10.0. The predicted octanol–water partition coefficient (Wildman–Crippen LogP) is 3.75. The minimum absolute atomic E-state index is 0.0589. The third-order valence-corrected chi connectivity index (χ3v) is 4.44. The van der Waals surface area contributed by atoms with Gasteiger partial charge in [0.05, 0.1) is 17.5 Å². The molecular weight excluding hydrogens is 275 g/mol. The average molecular weight is 298 g/mol. The number of hydrogen-bond donors (Lipinski definition) is 2. The number of nitrogens with one attached hydrogen (secondary N) is 1. The molecule has 20 heavy (non-hydrogen) atoms. The fourth-order valence-electron chi connectivity index (χ4n) is 2.27. The molecule has 0 bridgehead atoms. The molecule has 1 aromatic rings. The Bertz CT molecular complexity index is 448. The van der Waals surface area contributed by atoms with Gasteiger partial charge in [0.25, 0.3) is 0 Å². The van der Waals surface area contributed by atoms with Gasteiger partial charge in [-0.25, -0.2) is 4.39 Å². The highest BCUT2D eigenvalue weighted by atomic mass is 32.2. The van der Waals surface area contributed by atoms with Crippen molar-refractivity contribution >= 4 is 23.1 Å². The lowest BCUT2D eigenvalue weighted by molar-refractivity contribution is 0.231. The van der Waals surface area contributed by atoms with Crippen LogP contribution >= 0.6 is 11.8 Å². The standard InChI is InChI=1S/C15H23FN2OS/c1-10(2)19-15-8-14(13(17)7-12(15)16)18-9-11-3-5-20-6-4-11/h7-8,10-11,18H,3-6,9,17H2,1-2H3. The van der Waals surface area contributed by atoms with Crippen molar-refractivity contribution in [1.82, 2.24) is 0 Å². The summed E-state index contributed by atoms with van der Waals surface area (Å²) < 4.78 is 19.2. The van der Waals surface area contributed by atoms with E-state index in [9.17, 15) is 4.39 Å². The fraction of sp³-hybridized carbons (Fsp3) is 0.600. The second-order valence-corrected chi connectivity index (χ2v) is 6.70. The Hall–Kier alpha value is -1.10. The molecule has 1 fully saturated rings. The molecule has 1 aliphatic heterocycles. The summed E-state index contributed by atoms with van der Waals surface area (Å²) >= 11 is 2.01. The van der Waals surface area contributed by atoms with E-state index >= 15 is 0 Å². The van der Waals surface area contributed by atoms with Crippen LogP contribution in [0.5, 0.6) is 5.75 Å². The fourth-order valence-corrected chi connectivity index (χ4v) is 3.48. The zero-order chi connectivity index (χ0) is 14.5. The van der Waals surface area contributed by atoms with Crippen LogP contribution in [0.25, 0.3) is 0 Å². The minimum atomic E-state index is -0.407. The van der Waals surface area contributed by atoms with Crippen molar-refractivity contribution in [2.24, 2.45) is 5.92 Å². The molecule has 0 amide bonds. The van der Waals surface area contributed by atoms with Gasteiger partial charge in [0.1, 0.15) is 0 Å². The van der Waals surface area contributed by atoms with Crippen molar-refractivity contribution in [2.75, 3.05) is 29.1 Å². The van der Waals surface area contributed by atoms with Crippen molar-refractivity contribution in [3.8, 4) is 5.75 Å². The summed E-state index contributed by atoms with van der Waals surface area (Å²) in [5.74, 6) is 2.99. The van der Waals surface area contributed by atoms with Crippen molar-refractivity contribution in [3.05, 3.63) is 17.9 Å². The number of thioether (sulfide) groups is 1. The molecule has 1 heterocycles. The molecule has 0 aromatic heterocycles. The molecule has 0 radical (unpaired) electrons. The number of benzene rings is 1. The smallest absolute Gasteiger partial charge is 0.167 e. The number of nitrogen functional groups attached to an aromatic ring is 1. The van der Waals surface area contributed by atoms with E-state index < -0.39 is 5.82 Å². The Morgan fingerprint density at radius 3 is 2.75 bits per heavy atom.